The van der Waals surface area contributed by atoms with Crippen LogP contribution in [0.5, 0.6) is 0 Å². The SMILES string of the molecule is CC(CCN(C)CCC(C)c1ccc(S(=O)(=O)NCCc2c[nH]c3ccccc23)cc1)c1ccc([N+](=O)[O-])cc1. The van der Waals surface area contributed by atoms with Crippen molar-refractivity contribution >= 4 is 26.6 Å². The highest BCUT2D eigenvalue weighted by molar-refractivity contribution is 7.89. The summed E-state index contributed by atoms with van der Waals surface area (Å²) in [7, 11) is -1.48. The second-order valence-electron chi connectivity index (χ2n) is 10.6. The van der Waals surface area contributed by atoms with E-state index >= 15 is 0 Å². The van der Waals surface area contributed by atoms with Crippen LogP contribution in [0, 0.1) is 10.1 Å². The maximum atomic E-state index is 12.8. The first kappa shape index (κ1) is 29.5. The van der Waals surface area contributed by atoms with Gasteiger partial charge in [0.1, 0.15) is 0 Å². The number of sulfonamides is 1. The number of benzene rings is 3. The highest BCUT2D eigenvalue weighted by Crippen LogP contribution is 2.24. The third-order valence-corrected chi connectivity index (χ3v) is 9.16. The van der Waals surface area contributed by atoms with Gasteiger partial charge >= 0.3 is 0 Å². The summed E-state index contributed by atoms with van der Waals surface area (Å²) in [6.07, 6.45) is 4.46. The van der Waals surface area contributed by atoms with Gasteiger partial charge in [-0.25, -0.2) is 13.1 Å². The third kappa shape index (κ3) is 7.56. The van der Waals surface area contributed by atoms with E-state index in [-0.39, 0.29) is 15.5 Å². The number of nitro benzene ring substituents is 1. The van der Waals surface area contributed by atoms with Crippen LogP contribution in [0.1, 0.15) is 55.2 Å². The normalized spacial score (nSPS) is 13.5. The van der Waals surface area contributed by atoms with Gasteiger partial charge in [0.05, 0.1) is 9.82 Å². The number of aromatic amines is 1. The highest BCUT2D eigenvalue weighted by Gasteiger charge is 2.16. The Bertz CT molecular complexity index is 1520. The van der Waals surface area contributed by atoms with Crippen molar-refractivity contribution in [3.8, 4) is 0 Å². The summed E-state index contributed by atoms with van der Waals surface area (Å²) < 4.78 is 28.4. The Hall–Kier alpha value is -3.53. The molecule has 0 saturated heterocycles. The summed E-state index contributed by atoms with van der Waals surface area (Å²) in [5.74, 6) is 0.604. The molecule has 0 bridgehead atoms. The first-order valence-corrected chi connectivity index (χ1v) is 15.2. The van der Waals surface area contributed by atoms with Crippen LogP contribution in [0.15, 0.2) is 83.9 Å². The van der Waals surface area contributed by atoms with Crippen LogP contribution in [0.25, 0.3) is 10.9 Å². The highest BCUT2D eigenvalue weighted by atomic mass is 32.2. The minimum atomic E-state index is -3.58. The van der Waals surface area contributed by atoms with Gasteiger partial charge < -0.3 is 9.88 Å². The number of aromatic nitrogens is 1. The second kappa shape index (κ2) is 13.2. The van der Waals surface area contributed by atoms with Crippen LogP contribution in [-0.2, 0) is 16.4 Å². The Morgan fingerprint density at radius 1 is 0.900 bits per heavy atom. The molecule has 0 radical (unpaired) electrons. The lowest BCUT2D eigenvalue weighted by Gasteiger charge is -2.21. The van der Waals surface area contributed by atoms with Crippen molar-refractivity contribution in [3.63, 3.8) is 0 Å². The molecule has 0 saturated carbocycles. The van der Waals surface area contributed by atoms with E-state index in [1.54, 1.807) is 24.3 Å². The van der Waals surface area contributed by atoms with Gasteiger partial charge in [0, 0.05) is 35.8 Å². The molecule has 0 aliphatic heterocycles. The summed E-state index contributed by atoms with van der Waals surface area (Å²) in [5.41, 5.74) is 4.48. The smallest absolute Gasteiger partial charge is 0.269 e. The van der Waals surface area contributed by atoms with Gasteiger partial charge in [0.15, 0.2) is 0 Å². The van der Waals surface area contributed by atoms with E-state index < -0.39 is 10.0 Å². The third-order valence-electron chi connectivity index (χ3n) is 7.68. The van der Waals surface area contributed by atoms with Crippen molar-refractivity contribution in [2.24, 2.45) is 0 Å². The van der Waals surface area contributed by atoms with Crippen LogP contribution in [0.2, 0.25) is 0 Å². The molecule has 4 rings (SSSR count). The first-order chi connectivity index (χ1) is 19.1. The van der Waals surface area contributed by atoms with E-state index in [2.05, 4.69) is 35.5 Å². The molecule has 1 heterocycles. The molecule has 212 valence electrons. The molecule has 0 fully saturated rings. The van der Waals surface area contributed by atoms with E-state index in [1.165, 1.54) is 0 Å². The van der Waals surface area contributed by atoms with Gasteiger partial charge in [-0.15, -0.1) is 0 Å². The largest absolute Gasteiger partial charge is 0.361 e. The molecule has 2 unspecified atom stereocenters. The Labute approximate surface area is 236 Å². The minimum Gasteiger partial charge on any atom is -0.361 e. The minimum absolute atomic E-state index is 0.116. The van der Waals surface area contributed by atoms with Crippen LogP contribution in [0.4, 0.5) is 5.69 Å². The van der Waals surface area contributed by atoms with Gasteiger partial charge in [-0.3, -0.25) is 10.1 Å². The molecule has 2 atom stereocenters. The van der Waals surface area contributed by atoms with E-state index in [0.717, 1.165) is 53.5 Å². The lowest BCUT2D eigenvalue weighted by Crippen LogP contribution is -2.26. The van der Waals surface area contributed by atoms with Gasteiger partial charge in [0.2, 0.25) is 10.0 Å². The summed E-state index contributed by atoms with van der Waals surface area (Å²) in [5, 5.41) is 12.0. The predicted molar refractivity (Wildman–Crippen MR) is 160 cm³/mol. The van der Waals surface area contributed by atoms with Crippen molar-refractivity contribution in [1.29, 1.82) is 0 Å². The summed E-state index contributed by atoms with van der Waals surface area (Å²) in [6, 6.07) is 22.0. The van der Waals surface area contributed by atoms with Gasteiger partial charge in [-0.2, -0.15) is 0 Å². The fourth-order valence-corrected chi connectivity index (χ4v) is 5.95. The average Bonchev–Trinajstić information content (AvgIpc) is 3.37. The zero-order chi connectivity index (χ0) is 28.7. The molecule has 40 heavy (non-hydrogen) atoms. The quantitative estimate of drug-likeness (QED) is 0.140. The number of H-pyrrole nitrogens is 1. The van der Waals surface area contributed by atoms with Crippen molar-refractivity contribution in [1.82, 2.24) is 14.6 Å². The van der Waals surface area contributed by atoms with Crippen LogP contribution in [-0.4, -0.2) is 49.9 Å². The van der Waals surface area contributed by atoms with Gasteiger partial charge in [-0.05, 0) is 86.1 Å². The molecule has 0 aliphatic carbocycles. The van der Waals surface area contributed by atoms with E-state index in [9.17, 15) is 18.5 Å². The Morgan fingerprint density at radius 3 is 2.08 bits per heavy atom. The Morgan fingerprint density at radius 2 is 1.48 bits per heavy atom. The number of non-ortho nitro benzene ring substituents is 1. The molecule has 0 amide bonds. The summed E-state index contributed by atoms with van der Waals surface area (Å²) in [4.78, 5) is 16.3. The number of nitro groups is 1. The summed E-state index contributed by atoms with van der Waals surface area (Å²) in [6.45, 7) is 6.48. The zero-order valence-corrected chi connectivity index (χ0v) is 24.2. The van der Waals surface area contributed by atoms with Gasteiger partial charge in [-0.1, -0.05) is 56.3 Å². The van der Waals surface area contributed by atoms with Crippen molar-refractivity contribution < 1.29 is 13.3 Å². The number of rotatable bonds is 14. The maximum absolute atomic E-state index is 12.8. The molecule has 0 spiro atoms. The molecule has 2 N–H and O–H groups in total. The number of nitrogens with one attached hydrogen (secondary N) is 2. The van der Waals surface area contributed by atoms with E-state index in [4.69, 9.17) is 0 Å². The van der Waals surface area contributed by atoms with Crippen LogP contribution < -0.4 is 4.72 Å². The molecule has 3 aromatic carbocycles. The number of hydrogen-bond donors (Lipinski definition) is 2. The van der Waals surface area contributed by atoms with Crippen LogP contribution >= 0.6 is 0 Å². The van der Waals surface area contributed by atoms with E-state index in [0.29, 0.717) is 24.8 Å². The van der Waals surface area contributed by atoms with Crippen molar-refractivity contribution in [2.45, 2.75) is 49.8 Å². The molecule has 1 aromatic heterocycles. The zero-order valence-electron chi connectivity index (χ0n) is 23.3. The van der Waals surface area contributed by atoms with E-state index in [1.807, 2.05) is 54.7 Å². The first-order valence-electron chi connectivity index (χ1n) is 13.7. The standard InChI is InChI=1S/C31H38N4O4S/c1-23(25-8-12-28(13-9-25)35(36)37)17-20-34(3)21-18-24(2)26-10-14-29(15-11-26)40(38,39)33-19-16-27-22-32-31-7-5-4-6-30(27)31/h4-15,22-24,32-33H,16-21H2,1-3H3. The topological polar surface area (TPSA) is 108 Å². The number of fused-ring (bicyclic) bond motifs is 1. The maximum Gasteiger partial charge on any atom is 0.269 e. The fraction of sp³-hybridized carbons (Fsp3) is 0.355. The summed E-state index contributed by atoms with van der Waals surface area (Å²) >= 11 is 0. The van der Waals surface area contributed by atoms with Crippen molar-refractivity contribution in [3.05, 3.63) is 106 Å². The van der Waals surface area contributed by atoms with Crippen molar-refractivity contribution in [2.75, 3.05) is 26.7 Å². The molecular formula is C31H38N4O4S. The lowest BCUT2D eigenvalue weighted by molar-refractivity contribution is -0.384. The number of para-hydroxylation sites is 1. The average molecular weight is 563 g/mol. The fourth-order valence-electron chi connectivity index (χ4n) is 4.92. The Kier molecular flexibility index (Phi) is 9.73. The Balaban J connectivity index is 1.21. The van der Waals surface area contributed by atoms with Crippen LogP contribution in [0.3, 0.4) is 0 Å². The number of hydrogen-bond acceptors (Lipinski definition) is 5. The molecule has 0 aliphatic rings. The molecule has 9 heteroatoms. The molecule has 4 aromatic rings. The monoisotopic (exact) mass is 562 g/mol. The van der Waals surface area contributed by atoms with Gasteiger partial charge in [0.25, 0.3) is 5.69 Å². The molecular weight excluding hydrogens is 524 g/mol. The second-order valence-corrected chi connectivity index (χ2v) is 12.4. The predicted octanol–water partition coefficient (Wildman–Crippen LogP) is 6.22. The number of nitrogens with zero attached hydrogens (tertiary/aromatic N) is 2. The lowest BCUT2D eigenvalue weighted by atomic mass is 9.96. The molecule has 8 nitrogen and oxygen atoms in total.